The Morgan fingerprint density at radius 3 is 2.91 bits per heavy atom. The average molecular weight is 366 g/mol. The Bertz CT molecular complexity index is 663. The number of aryl methyl sites for hydroxylation is 1. The topological polar surface area (TPSA) is 45.2 Å². The number of fused-ring (bicyclic) bond motifs is 3. The molecule has 120 valence electrons. The lowest BCUT2D eigenvalue weighted by molar-refractivity contribution is 0.0232. The second kappa shape index (κ2) is 6.73. The minimum absolute atomic E-state index is 0.000435. The zero-order valence-corrected chi connectivity index (χ0v) is 14.9. The summed E-state index contributed by atoms with van der Waals surface area (Å²) in [6.07, 6.45) is 2.62. The van der Waals surface area contributed by atoms with Crippen LogP contribution in [-0.2, 0) is 17.6 Å². The lowest BCUT2D eigenvalue weighted by Crippen LogP contribution is -2.16. The Morgan fingerprint density at radius 2 is 2.23 bits per heavy atom. The number of ether oxygens (including phenoxy) is 1. The predicted octanol–water partition coefficient (Wildman–Crippen LogP) is 4.22. The first-order valence-electron chi connectivity index (χ1n) is 8.11. The highest BCUT2D eigenvalue weighted by Gasteiger charge is 2.25. The second-order valence-corrected chi connectivity index (χ2v) is 7.13. The Balaban J connectivity index is 2.18. The van der Waals surface area contributed by atoms with Gasteiger partial charge in [0.2, 0.25) is 0 Å². The standard InChI is InChI=1S/C18H24BrNO2/c1-11(2)13-9-12(3-6-19)17-15(10-13)14-5-8-22-16(4-7-21)18(14)20-17/h9-11,16,20-21H,3-8H2,1-2H3. The normalized spacial score (nSPS) is 18.1. The van der Waals surface area contributed by atoms with Gasteiger partial charge in [0.15, 0.2) is 0 Å². The molecule has 0 bridgehead atoms. The summed E-state index contributed by atoms with van der Waals surface area (Å²) in [6.45, 7) is 5.39. The lowest BCUT2D eigenvalue weighted by atomic mass is 9.94. The molecule has 1 aliphatic heterocycles. The molecule has 3 nitrogen and oxygen atoms in total. The average Bonchev–Trinajstić information content (AvgIpc) is 2.88. The van der Waals surface area contributed by atoms with Crippen LogP contribution in [0.5, 0.6) is 0 Å². The first-order chi connectivity index (χ1) is 10.7. The smallest absolute Gasteiger partial charge is 0.0997 e. The van der Waals surface area contributed by atoms with Gasteiger partial charge in [-0.15, -0.1) is 0 Å². The van der Waals surface area contributed by atoms with Crippen molar-refractivity contribution < 1.29 is 9.84 Å². The molecule has 1 aromatic carbocycles. The second-order valence-electron chi connectivity index (χ2n) is 6.34. The van der Waals surface area contributed by atoms with E-state index in [1.165, 1.54) is 33.3 Å². The highest BCUT2D eigenvalue weighted by molar-refractivity contribution is 9.09. The molecule has 0 amide bonds. The van der Waals surface area contributed by atoms with Crippen LogP contribution in [0.4, 0.5) is 0 Å². The van der Waals surface area contributed by atoms with E-state index in [-0.39, 0.29) is 12.7 Å². The van der Waals surface area contributed by atoms with Gasteiger partial charge in [-0.3, -0.25) is 0 Å². The molecule has 1 aromatic heterocycles. The highest BCUT2D eigenvalue weighted by atomic mass is 79.9. The van der Waals surface area contributed by atoms with Crippen molar-refractivity contribution in [3.63, 3.8) is 0 Å². The van der Waals surface area contributed by atoms with Crippen molar-refractivity contribution in [3.8, 4) is 0 Å². The van der Waals surface area contributed by atoms with Crippen molar-refractivity contribution in [3.05, 3.63) is 34.5 Å². The molecular weight excluding hydrogens is 342 g/mol. The van der Waals surface area contributed by atoms with Crippen LogP contribution in [0.15, 0.2) is 12.1 Å². The van der Waals surface area contributed by atoms with Gasteiger partial charge in [0.25, 0.3) is 0 Å². The van der Waals surface area contributed by atoms with Crippen molar-refractivity contribution in [1.29, 1.82) is 0 Å². The number of benzene rings is 1. The van der Waals surface area contributed by atoms with Gasteiger partial charge in [-0.05, 0) is 41.5 Å². The molecule has 22 heavy (non-hydrogen) atoms. The Hall–Kier alpha value is -0.840. The van der Waals surface area contributed by atoms with Gasteiger partial charge in [-0.25, -0.2) is 0 Å². The van der Waals surface area contributed by atoms with Gasteiger partial charge in [0, 0.05) is 35.0 Å². The molecule has 0 saturated carbocycles. The number of nitrogens with one attached hydrogen (secondary N) is 1. The van der Waals surface area contributed by atoms with Gasteiger partial charge in [-0.2, -0.15) is 0 Å². The number of rotatable bonds is 5. The number of aromatic amines is 1. The molecule has 0 radical (unpaired) electrons. The maximum Gasteiger partial charge on any atom is 0.0997 e. The molecular formula is C18H24BrNO2. The van der Waals surface area contributed by atoms with E-state index in [9.17, 15) is 5.11 Å². The van der Waals surface area contributed by atoms with Crippen LogP contribution in [0.3, 0.4) is 0 Å². The monoisotopic (exact) mass is 365 g/mol. The first kappa shape index (κ1) is 16.0. The number of alkyl halides is 1. The van der Waals surface area contributed by atoms with E-state index in [1.807, 2.05) is 0 Å². The quantitative estimate of drug-likeness (QED) is 0.778. The van der Waals surface area contributed by atoms with E-state index in [0.717, 1.165) is 24.8 Å². The van der Waals surface area contributed by atoms with Crippen LogP contribution in [0.2, 0.25) is 0 Å². The van der Waals surface area contributed by atoms with Gasteiger partial charge >= 0.3 is 0 Å². The summed E-state index contributed by atoms with van der Waals surface area (Å²) in [5.41, 5.74) is 6.58. The fourth-order valence-electron chi connectivity index (χ4n) is 3.38. The van der Waals surface area contributed by atoms with Gasteiger partial charge < -0.3 is 14.8 Å². The Morgan fingerprint density at radius 1 is 1.41 bits per heavy atom. The van der Waals surface area contributed by atoms with E-state index < -0.39 is 0 Å². The molecule has 1 aliphatic rings. The predicted molar refractivity (Wildman–Crippen MR) is 94.0 cm³/mol. The molecule has 2 aromatic rings. The zero-order chi connectivity index (χ0) is 15.7. The molecule has 1 unspecified atom stereocenters. The fraction of sp³-hybridized carbons (Fsp3) is 0.556. The molecule has 0 aliphatic carbocycles. The number of hydrogen-bond donors (Lipinski definition) is 2. The fourth-order valence-corrected chi connectivity index (χ4v) is 3.80. The van der Waals surface area contributed by atoms with E-state index in [0.29, 0.717) is 12.3 Å². The zero-order valence-electron chi connectivity index (χ0n) is 13.3. The summed E-state index contributed by atoms with van der Waals surface area (Å²) in [5.74, 6) is 0.525. The van der Waals surface area contributed by atoms with Crippen molar-refractivity contribution in [2.45, 2.75) is 45.1 Å². The maximum atomic E-state index is 9.27. The van der Waals surface area contributed by atoms with Crippen molar-refractivity contribution >= 4 is 26.8 Å². The van der Waals surface area contributed by atoms with Crippen LogP contribution in [-0.4, -0.2) is 28.6 Å². The Kier molecular flexibility index (Phi) is 4.91. The van der Waals surface area contributed by atoms with E-state index in [4.69, 9.17) is 4.74 Å². The van der Waals surface area contributed by atoms with Crippen LogP contribution >= 0.6 is 15.9 Å². The Labute approximate surface area is 140 Å². The van der Waals surface area contributed by atoms with Crippen LogP contribution in [0, 0.1) is 0 Å². The third-order valence-electron chi connectivity index (χ3n) is 4.57. The summed E-state index contributed by atoms with van der Waals surface area (Å²) < 4.78 is 5.85. The number of aliphatic hydroxyl groups is 1. The summed E-state index contributed by atoms with van der Waals surface area (Å²) in [5, 5.41) is 11.6. The third-order valence-corrected chi connectivity index (χ3v) is 4.96. The molecule has 2 N–H and O–H groups in total. The highest BCUT2D eigenvalue weighted by Crippen LogP contribution is 2.37. The van der Waals surface area contributed by atoms with Gasteiger partial charge in [0.1, 0.15) is 0 Å². The minimum Gasteiger partial charge on any atom is -0.396 e. The van der Waals surface area contributed by atoms with Crippen molar-refractivity contribution in [2.75, 3.05) is 18.5 Å². The number of halogens is 1. The van der Waals surface area contributed by atoms with Crippen molar-refractivity contribution in [2.24, 2.45) is 0 Å². The molecule has 3 rings (SSSR count). The summed E-state index contributed by atoms with van der Waals surface area (Å²) in [4.78, 5) is 3.61. The first-order valence-corrected chi connectivity index (χ1v) is 9.23. The van der Waals surface area contributed by atoms with Crippen LogP contribution in [0.1, 0.15) is 54.7 Å². The minimum atomic E-state index is 0.000435. The number of H-pyrrole nitrogens is 1. The lowest BCUT2D eigenvalue weighted by Gasteiger charge is -2.22. The van der Waals surface area contributed by atoms with E-state index in [1.54, 1.807) is 0 Å². The molecule has 0 spiro atoms. The number of aromatic nitrogens is 1. The molecule has 4 heteroatoms. The number of aliphatic hydroxyl groups excluding tert-OH is 1. The molecule has 2 heterocycles. The van der Waals surface area contributed by atoms with E-state index in [2.05, 4.69) is 46.9 Å². The van der Waals surface area contributed by atoms with Gasteiger partial charge in [0.05, 0.1) is 12.7 Å². The van der Waals surface area contributed by atoms with E-state index >= 15 is 0 Å². The van der Waals surface area contributed by atoms with Crippen molar-refractivity contribution in [1.82, 2.24) is 4.98 Å². The van der Waals surface area contributed by atoms with Crippen LogP contribution in [0.25, 0.3) is 10.9 Å². The third kappa shape index (κ3) is 2.84. The summed E-state index contributed by atoms with van der Waals surface area (Å²) in [6, 6.07) is 4.67. The van der Waals surface area contributed by atoms with Crippen LogP contribution < -0.4 is 0 Å². The largest absolute Gasteiger partial charge is 0.396 e. The SMILES string of the molecule is CC(C)c1cc(CCBr)c2[nH]c3c(c2c1)CCOC3CCO. The number of hydrogen-bond acceptors (Lipinski definition) is 2. The van der Waals surface area contributed by atoms with Gasteiger partial charge in [-0.1, -0.05) is 35.8 Å². The molecule has 0 fully saturated rings. The molecule has 1 atom stereocenters. The molecule has 0 saturated heterocycles. The summed E-state index contributed by atoms with van der Waals surface area (Å²) >= 11 is 3.57. The summed E-state index contributed by atoms with van der Waals surface area (Å²) in [7, 11) is 0. The maximum absolute atomic E-state index is 9.27.